The molecular weight excluding hydrogens is 456 g/mol. The number of hydrogen-bond acceptors (Lipinski definition) is 5. The third kappa shape index (κ3) is 2.96. The van der Waals surface area contributed by atoms with Crippen LogP contribution in [0.2, 0.25) is 0 Å². The number of aliphatic hydroxyl groups is 4. The third-order valence-corrected chi connectivity index (χ3v) is 13.4. The molecule has 5 aliphatic carbocycles. The lowest BCUT2D eigenvalue weighted by molar-refractivity contribution is -0.273. The van der Waals surface area contributed by atoms with Gasteiger partial charge in [-0.3, -0.25) is 4.79 Å². The molecule has 0 bridgehead atoms. The smallest absolute Gasteiger partial charge is 0.310 e. The Morgan fingerprint density at radius 2 is 1.67 bits per heavy atom. The summed E-state index contributed by atoms with van der Waals surface area (Å²) in [5, 5.41) is 54.7. The zero-order chi connectivity index (χ0) is 26.6. The lowest BCUT2D eigenvalue weighted by Crippen LogP contribution is -2.71. The fraction of sp³-hybridized carbons (Fsp3) is 0.900. The SMILES string of the molecule is C[C@@H]1CC[C@]2(C(=O)O)CC[C@]3(C)C(=CCC4[C@@]5(C)C[C@@H](O)[C@H](O)[C@@](C)(CO)C5[C@H](O)C[C@]43C)C2[C@H]1C. The van der Waals surface area contributed by atoms with E-state index in [2.05, 4.69) is 40.7 Å². The van der Waals surface area contributed by atoms with E-state index in [0.717, 1.165) is 25.7 Å². The van der Waals surface area contributed by atoms with Crippen LogP contribution in [0.1, 0.15) is 86.5 Å². The number of carboxylic acid groups (broad SMARTS) is 1. The third-order valence-electron chi connectivity index (χ3n) is 13.4. The molecule has 5 N–H and O–H groups in total. The second-order valence-corrected chi connectivity index (χ2v) is 14.6. The van der Waals surface area contributed by atoms with Gasteiger partial charge in [0.1, 0.15) is 0 Å². The van der Waals surface area contributed by atoms with Gasteiger partial charge in [0.2, 0.25) is 0 Å². The molecule has 3 unspecified atom stereocenters. The minimum Gasteiger partial charge on any atom is -0.481 e. The first-order chi connectivity index (χ1) is 16.6. The van der Waals surface area contributed by atoms with E-state index in [1.807, 2.05) is 6.92 Å². The molecule has 0 saturated heterocycles. The van der Waals surface area contributed by atoms with Gasteiger partial charge >= 0.3 is 5.97 Å². The summed E-state index contributed by atoms with van der Waals surface area (Å²) in [6, 6.07) is 0. The van der Waals surface area contributed by atoms with Crippen LogP contribution >= 0.6 is 0 Å². The zero-order valence-electron chi connectivity index (χ0n) is 23.0. The molecule has 0 aromatic rings. The molecule has 6 heteroatoms. The number of aliphatic carboxylic acids is 1. The first kappa shape index (κ1) is 26.6. The van der Waals surface area contributed by atoms with E-state index in [-0.39, 0.29) is 41.1 Å². The molecule has 5 rings (SSSR count). The predicted octanol–water partition coefficient (Wildman–Crippen LogP) is 4.00. The van der Waals surface area contributed by atoms with Crippen molar-refractivity contribution in [1.29, 1.82) is 0 Å². The highest BCUT2D eigenvalue weighted by molar-refractivity contribution is 5.76. The monoisotopic (exact) mass is 504 g/mol. The van der Waals surface area contributed by atoms with Crippen LogP contribution < -0.4 is 0 Å². The quantitative estimate of drug-likeness (QED) is 0.363. The predicted molar refractivity (Wildman–Crippen MR) is 137 cm³/mol. The number of hydrogen-bond donors (Lipinski definition) is 5. The Morgan fingerprint density at radius 1 is 1.00 bits per heavy atom. The van der Waals surface area contributed by atoms with Gasteiger partial charge in [-0.2, -0.15) is 0 Å². The van der Waals surface area contributed by atoms with E-state index in [1.165, 1.54) is 5.57 Å². The van der Waals surface area contributed by atoms with Crippen molar-refractivity contribution in [3.05, 3.63) is 11.6 Å². The Kier molecular flexibility index (Phi) is 5.95. The molecular formula is C30H48O6. The van der Waals surface area contributed by atoms with Crippen molar-refractivity contribution in [2.24, 2.45) is 56.7 Å². The maximum absolute atomic E-state index is 12.8. The molecule has 13 atom stereocenters. The van der Waals surface area contributed by atoms with Gasteiger partial charge in [0, 0.05) is 11.3 Å². The Hall–Kier alpha value is -0.950. The number of carbonyl (C=O) groups is 1. The van der Waals surface area contributed by atoms with Gasteiger partial charge in [-0.25, -0.2) is 0 Å². The van der Waals surface area contributed by atoms with E-state index in [9.17, 15) is 30.3 Å². The number of carboxylic acids is 1. The number of fused-ring (bicyclic) bond motifs is 7. The van der Waals surface area contributed by atoms with Crippen LogP contribution in [0.25, 0.3) is 0 Å². The van der Waals surface area contributed by atoms with Crippen molar-refractivity contribution in [2.75, 3.05) is 6.61 Å². The van der Waals surface area contributed by atoms with Crippen molar-refractivity contribution in [2.45, 2.75) is 105 Å². The fourth-order valence-electron chi connectivity index (χ4n) is 11.2. The summed E-state index contributed by atoms with van der Waals surface area (Å²) >= 11 is 0. The van der Waals surface area contributed by atoms with Gasteiger partial charge < -0.3 is 25.5 Å². The highest BCUT2D eigenvalue weighted by Crippen LogP contribution is 2.75. The number of aliphatic hydroxyl groups excluding tert-OH is 4. The van der Waals surface area contributed by atoms with Crippen molar-refractivity contribution < 1.29 is 30.3 Å². The van der Waals surface area contributed by atoms with E-state index < -0.39 is 40.5 Å². The van der Waals surface area contributed by atoms with Crippen LogP contribution in [0, 0.1) is 56.7 Å². The molecule has 0 heterocycles. The summed E-state index contributed by atoms with van der Waals surface area (Å²) in [7, 11) is 0. The number of rotatable bonds is 2. The van der Waals surface area contributed by atoms with Crippen molar-refractivity contribution in [3.63, 3.8) is 0 Å². The van der Waals surface area contributed by atoms with Gasteiger partial charge in [-0.05, 0) is 84.9 Å². The minimum atomic E-state index is -1.08. The molecule has 0 spiro atoms. The summed E-state index contributed by atoms with van der Waals surface area (Å²) in [6.45, 7) is 12.8. The van der Waals surface area contributed by atoms with Crippen LogP contribution in [0.5, 0.6) is 0 Å². The topological polar surface area (TPSA) is 118 Å². The Bertz CT molecular complexity index is 963. The van der Waals surface area contributed by atoms with Gasteiger partial charge in [0.25, 0.3) is 0 Å². The van der Waals surface area contributed by atoms with Crippen molar-refractivity contribution >= 4 is 5.97 Å². The second-order valence-electron chi connectivity index (χ2n) is 14.6. The zero-order valence-corrected chi connectivity index (χ0v) is 23.0. The standard InChI is InChI=1S/C30H48O6/c1-16-9-10-30(25(35)36)12-11-28(5)18(22(30)17(16)2)7-8-21-26(3)13-20(33)24(34)27(4,15-31)23(26)19(32)14-29(21,28)6/h7,16-17,19-24,31-34H,8-15H2,1-6H3,(H,35,36)/t16-,17+,19-,20-,21?,22?,23?,24+,26-,27+,28-,29-,30+/m1/s1. The van der Waals surface area contributed by atoms with Crippen LogP contribution in [-0.2, 0) is 4.79 Å². The molecule has 4 fully saturated rings. The Labute approximate surface area is 216 Å². The lowest BCUT2D eigenvalue weighted by Gasteiger charge is -2.72. The first-order valence-corrected chi connectivity index (χ1v) is 14.2. The molecule has 0 aromatic carbocycles. The average Bonchev–Trinajstić information content (AvgIpc) is 2.80. The summed E-state index contributed by atoms with van der Waals surface area (Å²) in [4.78, 5) is 12.8. The van der Waals surface area contributed by atoms with Gasteiger partial charge in [-0.1, -0.05) is 53.2 Å². The molecule has 0 amide bonds. The summed E-state index contributed by atoms with van der Waals surface area (Å²) in [5.74, 6) is -0.0914. The fourth-order valence-corrected chi connectivity index (χ4v) is 11.2. The van der Waals surface area contributed by atoms with Crippen LogP contribution in [-0.4, -0.2) is 56.4 Å². The molecule has 5 aliphatic rings. The Morgan fingerprint density at radius 3 is 2.28 bits per heavy atom. The van der Waals surface area contributed by atoms with E-state index >= 15 is 0 Å². The van der Waals surface area contributed by atoms with Crippen molar-refractivity contribution in [3.8, 4) is 0 Å². The Balaban J connectivity index is 1.65. The second kappa shape index (κ2) is 8.03. The van der Waals surface area contributed by atoms with Crippen molar-refractivity contribution in [1.82, 2.24) is 0 Å². The molecule has 6 nitrogen and oxygen atoms in total. The van der Waals surface area contributed by atoms with Gasteiger partial charge in [0.15, 0.2) is 0 Å². The highest BCUT2D eigenvalue weighted by atomic mass is 16.4. The normalized spacial score (nSPS) is 58.6. The summed E-state index contributed by atoms with van der Waals surface area (Å²) in [6.07, 6.45) is 4.44. The minimum absolute atomic E-state index is 0.000534. The van der Waals surface area contributed by atoms with E-state index in [4.69, 9.17) is 0 Å². The highest BCUT2D eigenvalue weighted by Gasteiger charge is 2.72. The average molecular weight is 505 g/mol. The molecule has 0 aliphatic heterocycles. The maximum Gasteiger partial charge on any atom is 0.310 e. The van der Waals surface area contributed by atoms with Crippen LogP contribution in [0.15, 0.2) is 11.6 Å². The summed E-state index contributed by atoms with van der Waals surface area (Å²) < 4.78 is 0. The summed E-state index contributed by atoms with van der Waals surface area (Å²) in [5.41, 5.74) is -1.41. The van der Waals surface area contributed by atoms with Crippen LogP contribution in [0.4, 0.5) is 0 Å². The molecule has 36 heavy (non-hydrogen) atoms. The van der Waals surface area contributed by atoms with Gasteiger partial charge in [-0.15, -0.1) is 0 Å². The molecule has 0 aromatic heterocycles. The van der Waals surface area contributed by atoms with E-state index in [0.29, 0.717) is 25.2 Å². The molecule has 4 saturated carbocycles. The molecule has 204 valence electrons. The lowest BCUT2D eigenvalue weighted by atomic mass is 9.32. The molecule has 0 radical (unpaired) electrons. The van der Waals surface area contributed by atoms with Gasteiger partial charge in [0.05, 0.1) is 30.3 Å². The van der Waals surface area contributed by atoms with Crippen LogP contribution in [0.3, 0.4) is 0 Å². The first-order valence-electron chi connectivity index (χ1n) is 14.2. The largest absolute Gasteiger partial charge is 0.481 e. The number of allylic oxidation sites excluding steroid dienone is 2. The maximum atomic E-state index is 12.8. The van der Waals surface area contributed by atoms with E-state index in [1.54, 1.807) is 0 Å².